The Morgan fingerprint density at radius 3 is 2.07 bits per heavy atom. The van der Waals surface area contributed by atoms with Crippen LogP contribution in [0.25, 0.3) is 5.57 Å². The van der Waals surface area contributed by atoms with Gasteiger partial charge in [0.15, 0.2) is 0 Å². The van der Waals surface area contributed by atoms with E-state index >= 15 is 0 Å². The summed E-state index contributed by atoms with van der Waals surface area (Å²) >= 11 is 0. The molecule has 0 spiro atoms. The van der Waals surface area contributed by atoms with Crippen LogP contribution in [0.1, 0.15) is 67.0 Å². The number of carbonyl (C=O) groups excluding carboxylic acids is 1. The molecule has 1 unspecified atom stereocenters. The van der Waals surface area contributed by atoms with Crippen molar-refractivity contribution in [3.63, 3.8) is 0 Å². The van der Waals surface area contributed by atoms with Crippen LogP contribution < -0.4 is 10.1 Å². The minimum Gasteiger partial charge on any atom is -0.496 e. The first-order valence-corrected chi connectivity index (χ1v) is 13.4. The number of rotatable bonds is 6. The summed E-state index contributed by atoms with van der Waals surface area (Å²) in [7, 11) is 1.21. The fraction of sp³-hybridized carbons (Fsp3) is 0.483. The maximum Gasteiger partial charge on any atom is 0.416 e. The fourth-order valence-corrected chi connectivity index (χ4v) is 5.51. The third-order valence-electron chi connectivity index (χ3n) is 7.72. The van der Waals surface area contributed by atoms with Crippen molar-refractivity contribution < 1.29 is 58.2 Å². The number of cyclic esters (lactones) is 1. The van der Waals surface area contributed by atoms with Crippen molar-refractivity contribution in [1.29, 1.82) is 0 Å². The van der Waals surface area contributed by atoms with Crippen LogP contribution in [-0.2, 0) is 17.1 Å². The van der Waals surface area contributed by atoms with E-state index in [4.69, 9.17) is 9.47 Å². The largest absolute Gasteiger partial charge is 0.496 e. The molecule has 3 atom stereocenters. The molecule has 0 bridgehead atoms. The summed E-state index contributed by atoms with van der Waals surface area (Å²) in [4.78, 5) is 13.8. The topological polar surface area (TPSA) is 50.8 Å². The lowest BCUT2D eigenvalue weighted by molar-refractivity contribution is -0.148. The van der Waals surface area contributed by atoms with E-state index in [2.05, 4.69) is 5.32 Å². The normalized spacial score (nSPS) is 21.8. The molecular formula is C29H28F10N2O3. The van der Waals surface area contributed by atoms with Crippen LogP contribution in [0.15, 0.2) is 35.9 Å². The lowest BCUT2D eigenvalue weighted by atomic mass is 9.86. The van der Waals surface area contributed by atoms with Crippen molar-refractivity contribution >= 4 is 11.7 Å². The molecule has 44 heavy (non-hydrogen) atoms. The Morgan fingerprint density at radius 1 is 0.977 bits per heavy atom. The summed E-state index contributed by atoms with van der Waals surface area (Å²) in [6, 6.07) is -0.392. The third kappa shape index (κ3) is 6.61. The zero-order valence-electron chi connectivity index (χ0n) is 23.8. The zero-order chi connectivity index (χ0) is 32.9. The lowest BCUT2D eigenvalue weighted by Gasteiger charge is -2.34. The molecule has 0 radical (unpaired) electrons. The highest BCUT2D eigenvalue weighted by molar-refractivity contribution is 5.78. The first kappa shape index (κ1) is 33.4. The standard InChI is InChI=1S/C29H28F10N2O3/c1-13(2)19-10-20(23(43-4)11-22(19)30)18-5-6-40-25(29(37,38)39)21(18)12-41-14(3)24(44-26(41)42)15-7-16(27(31,32)33)9-17(8-15)28(34,35)36/h7-11,13-14,24-25,40H,5-6,12H2,1-4H3/t14-,24-,25?/m0/s1. The SMILES string of the molecule is COc1cc(F)c(C(C)C)cc1C1=C(CN2C(=O)O[C@H](c3cc(C(F)(F)F)cc(C(F)(F)F)c3)[C@@H]2C)C(C(F)(F)F)NCC1. The Labute approximate surface area is 245 Å². The van der Waals surface area contributed by atoms with Crippen molar-refractivity contribution in [1.82, 2.24) is 10.2 Å². The molecule has 2 heterocycles. The van der Waals surface area contributed by atoms with E-state index in [1.807, 2.05) is 0 Å². The summed E-state index contributed by atoms with van der Waals surface area (Å²) in [5.41, 5.74) is -3.78. The number of ether oxygens (including phenoxy) is 2. The quantitative estimate of drug-likeness (QED) is 0.323. The van der Waals surface area contributed by atoms with Gasteiger partial charge in [0.2, 0.25) is 0 Å². The number of amides is 1. The lowest BCUT2D eigenvalue weighted by Crippen LogP contribution is -2.50. The van der Waals surface area contributed by atoms with Gasteiger partial charge in [-0.3, -0.25) is 4.90 Å². The molecule has 2 aliphatic heterocycles. The Hall–Kier alpha value is -3.49. The molecule has 0 aromatic heterocycles. The molecule has 2 aromatic carbocycles. The van der Waals surface area contributed by atoms with Gasteiger partial charge in [-0.1, -0.05) is 13.8 Å². The number of hydrogen-bond donors (Lipinski definition) is 1. The summed E-state index contributed by atoms with van der Waals surface area (Å²) in [6.07, 6.45) is -18.1. The van der Waals surface area contributed by atoms with Crippen LogP contribution >= 0.6 is 0 Å². The average molecular weight is 643 g/mol. The highest BCUT2D eigenvalue weighted by atomic mass is 19.4. The smallest absolute Gasteiger partial charge is 0.416 e. The van der Waals surface area contributed by atoms with E-state index in [0.29, 0.717) is 12.1 Å². The number of halogens is 10. The van der Waals surface area contributed by atoms with Gasteiger partial charge in [0.05, 0.1) is 24.3 Å². The minimum atomic E-state index is -5.17. The van der Waals surface area contributed by atoms with Gasteiger partial charge in [-0.2, -0.15) is 39.5 Å². The molecule has 2 aliphatic rings. The number of nitrogens with zero attached hydrogens (tertiary/aromatic N) is 1. The predicted octanol–water partition coefficient (Wildman–Crippen LogP) is 8.26. The Balaban J connectivity index is 1.82. The second-order valence-electron chi connectivity index (χ2n) is 10.9. The number of nitrogens with one attached hydrogen (secondary N) is 1. The highest BCUT2D eigenvalue weighted by Gasteiger charge is 2.48. The van der Waals surface area contributed by atoms with E-state index in [1.165, 1.54) is 20.1 Å². The number of hydrogen-bond acceptors (Lipinski definition) is 4. The van der Waals surface area contributed by atoms with Crippen molar-refractivity contribution in [2.45, 2.75) is 69.8 Å². The molecular weight excluding hydrogens is 614 g/mol. The second-order valence-corrected chi connectivity index (χ2v) is 10.9. The molecule has 4 rings (SSSR count). The van der Waals surface area contributed by atoms with E-state index < -0.39 is 71.9 Å². The molecule has 15 heteroatoms. The third-order valence-corrected chi connectivity index (χ3v) is 7.72. The van der Waals surface area contributed by atoms with E-state index in [-0.39, 0.29) is 53.0 Å². The van der Waals surface area contributed by atoms with Crippen molar-refractivity contribution in [3.8, 4) is 5.75 Å². The number of benzene rings is 2. The molecule has 1 N–H and O–H groups in total. The Bertz CT molecular complexity index is 1410. The van der Waals surface area contributed by atoms with E-state index in [1.54, 1.807) is 13.8 Å². The summed E-state index contributed by atoms with van der Waals surface area (Å²) in [5, 5.41) is 2.36. The van der Waals surface area contributed by atoms with Crippen LogP contribution in [0.3, 0.4) is 0 Å². The van der Waals surface area contributed by atoms with E-state index in [0.717, 1.165) is 11.0 Å². The van der Waals surface area contributed by atoms with Gasteiger partial charge in [0.25, 0.3) is 0 Å². The molecule has 1 saturated heterocycles. The Morgan fingerprint density at radius 2 is 1.57 bits per heavy atom. The molecule has 5 nitrogen and oxygen atoms in total. The number of methoxy groups -OCH3 is 1. The zero-order valence-corrected chi connectivity index (χ0v) is 23.8. The predicted molar refractivity (Wildman–Crippen MR) is 138 cm³/mol. The van der Waals surface area contributed by atoms with Crippen LogP contribution in [0.5, 0.6) is 5.75 Å². The molecule has 0 saturated carbocycles. The van der Waals surface area contributed by atoms with Crippen LogP contribution in [-0.4, -0.2) is 49.5 Å². The molecule has 242 valence electrons. The van der Waals surface area contributed by atoms with Crippen molar-refractivity contribution in [2.24, 2.45) is 0 Å². The maximum atomic E-state index is 14.7. The van der Waals surface area contributed by atoms with Crippen LogP contribution in [0.4, 0.5) is 48.7 Å². The molecule has 0 aliphatic carbocycles. The first-order chi connectivity index (χ1) is 20.2. The van der Waals surface area contributed by atoms with Gasteiger partial charge in [0, 0.05) is 24.7 Å². The van der Waals surface area contributed by atoms with Gasteiger partial charge in [-0.25, -0.2) is 9.18 Å². The second kappa shape index (κ2) is 11.8. The van der Waals surface area contributed by atoms with Gasteiger partial charge in [-0.15, -0.1) is 0 Å². The van der Waals surface area contributed by atoms with Crippen molar-refractivity contribution in [3.05, 3.63) is 69.5 Å². The fourth-order valence-electron chi connectivity index (χ4n) is 5.51. The number of alkyl halides is 9. The van der Waals surface area contributed by atoms with Gasteiger partial charge in [-0.05, 0) is 65.8 Å². The van der Waals surface area contributed by atoms with Crippen LogP contribution in [0, 0.1) is 5.82 Å². The van der Waals surface area contributed by atoms with E-state index in [9.17, 15) is 48.7 Å². The number of carbonyl (C=O) groups is 1. The monoisotopic (exact) mass is 642 g/mol. The average Bonchev–Trinajstić information content (AvgIpc) is 3.19. The highest BCUT2D eigenvalue weighted by Crippen LogP contribution is 2.44. The maximum absolute atomic E-state index is 14.7. The first-order valence-electron chi connectivity index (χ1n) is 13.4. The summed E-state index contributed by atoms with van der Waals surface area (Å²) in [5.74, 6) is -1.05. The molecule has 1 amide bonds. The van der Waals surface area contributed by atoms with Crippen LogP contribution in [0.2, 0.25) is 0 Å². The molecule has 1 fully saturated rings. The van der Waals surface area contributed by atoms with Gasteiger partial charge >= 0.3 is 24.6 Å². The van der Waals surface area contributed by atoms with Gasteiger partial charge in [0.1, 0.15) is 23.7 Å². The minimum absolute atomic E-state index is 0.00467. The summed E-state index contributed by atoms with van der Waals surface area (Å²) < 4.78 is 149. The Kier molecular flexibility index (Phi) is 8.95. The summed E-state index contributed by atoms with van der Waals surface area (Å²) in [6.45, 7) is 3.73. The van der Waals surface area contributed by atoms with Gasteiger partial charge < -0.3 is 14.8 Å². The molecule has 2 aromatic rings. The van der Waals surface area contributed by atoms with Crippen molar-refractivity contribution in [2.75, 3.05) is 20.2 Å².